The van der Waals surface area contributed by atoms with E-state index in [1.807, 2.05) is 6.07 Å². The zero-order valence-electron chi connectivity index (χ0n) is 10.7. The van der Waals surface area contributed by atoms with E-state index < -0.39 is 0 Å². The minimum atomic E-state index is 0.248. The van der Waals surface area contributed by atoms with Crippen LogP contribution in [0.5, 0.6) is 0 Å². The van der Waals surface area contributed by atoms with Crippen molar-refractivity contribution in [3.05, 3.63) is 23.8 Å². The average Bonchev–Trinajstić information content (AvgIpc) is 2.64. The van der Waals surface area contributed by atoms with Gasteiger partial charge in [-0.05, 0) is 31.0 Å². The molecular formula is C14H19N3O. The van der Waals surface area contributed by atoms with E-state index in [4.69, 9.17) is 15.7 Å². The second-order valence-electron chi connectivity index (χ2n) is 4.59. The number of nitriles is 1. The molecule has 0 bridgehead atoms. The van der Waals surface area contributed by atoms with E-state index >= 15 is 0 Å². The van der Waals surface area contributed by atoms with Crippen molar-refractivity contribution in [3.63, 3.8) is 0 Å². The third-order valence-electron chi connectivity index (χ3n) is 3.31. The van der Waals surface area contributed by atoms with Gasteiger partial charge in [0.1, 0.15) is 0 Å². The van der Waals surface area contributed by atoms with Gasteiger partial charge in [0.25, 0.3) is 0 Å². The first-order valence-corrected chi connectivity index (χ1v) is 6.40. The van der Waals surface area contributed by atoms with E-state index in [9.17, 15) is 0 Å². The van der Waals surface area contributed by atoms with Gasteiger partial charge in [-0.3, -0.25) is 0 Å². The Labute approximate surface area is 108 Å². The first kappa shape index (κ1) is 12.7. The molecule has 2 N–H and O–H groups in total. The Morgan fingerprint density at radius 1 is 1.56 bits per heavy atom. The average molecular weight is 245 g/mol. The summed E-state index contributed by atoms with van der Waals surface area (Å²) in [5.74, 6) is 0. The molecule has 4 heteroatoms. The molecule has 1 aromatic rings. The Morgan fingerprint density at radius 3 is 3.11 bits per heavy atom. The summed E-state index contributed by atoms with van der Waals surface area (Å²) >= 11 is 0. The highest BCUT2D eigenvalue weighted by Gasteiger charge is 2.19. The minimum Gasteiger partial charge on any atom is -0.397 e. The molecular weight excluding hydrogens is 226 g/mol. The van der Waals surface area contributed by atoms with Crippen LogP contribution in [0, 0.1) is 11.3 Å². The van der Waals surface area contributed by atoms with E-state index in [2.05, 4.69) is 17.9 Å². The number of nitrogen functional groups attached to an aromatic ring is 1. The molecule has 2 rings (SSSR count). The van der Waals surface area contributed by atoms with Gasteiger partial charge in [0, 0.05) is 19.7 Å². The summed E-state index contributed by atoms with van der Waals surface area (Å²) in [6.07, 6.45) is 2.23. The van der Waals surface area contributed by atoms with Crippen molar-refractivity contribution in [1.29, 1.82) is 5.26 Å². The Morgan fingerprint density at radius 2 is 2.39 bits per heavy atom. The van der Waals surface area contributed by atoms with Crippen molar-refractivity contribution in [2.24, 2.45) is 0 Å². The second-order valence-corrected chi connectivity index (χ2v) is 4.59. The molecule has 1 unspecified atom stereocenters. The maximum absolute atomic E-state index is 8.97. The molecule has 1 aliphatic rings. The summed E-state index contributed by atoms with van der Waals surface area (Å²) in [7, 11) is 0. The highest BCUT2D eigenvalue weighted by atomic mass is 16.5. The Bertz CT molecular complexity index is 453. The number of anilines is 2. The molecule has 0 aliphatic carbocycles. The zero-order valence-corrected chi connectivity index (χ0v) is 10.7. The van der Waals surface area contributed by atoms with Crippen molar-refractivity contribution in [3.8, 4) is 6.07 Å². The van der Waals surface area contributed by atoms with Crippen LogP contribution in [0.15, 0.2) is 18.2 Å². The predicted molar refractivity (Wildman–Crippen MR) is 72.4 cm³/mol. The van der Waals surface area contributed by atoms with Crippen molar-refractivity contribution in [2.45, 2.75) is 25.9 Å². The van der Waals surface area contributed by atoms with Gasteiger partial charge in [-0.2, -0.15) is 5.26 Å². The number of ether oxygens (including phenoxy) is 1. The van der Waals surface area contributed by atoms with Gasteiger partial charge >= 0.3 is 0 Å². The normalized spacial score (nSPS) is 20.2. The molecule has 4 nitrogen and oxygen atoms in total. The molecule has 1 aliphatic heterocycles. The van der Waals surface area contributed by atoms with Crippen LogP contribution < -0.4 is 10.6 Å². The molecule has 0 saturated carbocycles. The van der Waals surface area contributed by atoms with Crippen molar-refractivity contribution < 1.29 is 4.74 Å². The van der Waals surface area contributed by atoms with Gasteiger partial charge in [-0.25, -0.2) is 0 Å². The van der Waals surface area contributed by atoms with Crippen LogP contribution in [0.1, 0.15) is 25.3 Å². The van der Waals surface area contributed by atoms with Crippen molar-refractivity contribution in [2.75, 3.05) is 30.3 Å². The highest BCUT2D eigenvalue weighted by Crippen LogP contribution is 2.26. The monoisotopic (exact) mass is 245 g/mol. The topological polar surface area (TPSA) is 62.3 Å². The first-order chi connectivity index (χ1) is 8.74. The number of rotatable bonds is 2. The smallest absolute Gasteiger partial charge is 0.0992 e. The van der Waals surface area contributed by atoms with Crippen LogP contribution >= 0.6 is 0 Å². The van der Waals surface area contributed by atoms with Crippen LogP contribution in [0.2, 0.25) is 0 Å². The molecule has 1 aromatic carbocycles. The summed E-state index contributed by atoms with van der Waals surface area (Å²) < 4.78 is 5.75. The third kappa shape index (κ3) is 2.74. The van der Waals surface area contributed by atoms with Crippen LogP contribution in [0.25, 0.3) is 0 Å². The molecule has 0 radical (unpaired) electrons. The maximum atomic E-state index is 8.97. The van der Waals surface area contributed by atoms with Gasteiger partial charge in [0.05, 0.1) is 29.1 Å². The van der Waals surface area contributed by atoms with Gasteiger partial charge in [-0.15, -0.1) is 0 Å². The largest absolute Gasteiger partial charge is 0.397 e. The summed E-state index contributed by atoms with van der Waals surface area (Å²) in [4.78, 5) is 2.23. The number of benzene rings is 1. The van der Waals surface area contributed by atoms with Crippen LogP contribution in [0.3, 0.4) is 0 Å². The standard InChI is InChI=1S/C14H19N3O/c1-2-12-10-17(6-3-7-18-12)14-8-11(9-15)4-5-13(14)16/h4-5,8,12H,2-3,6-7,10,16H2,1H3. The molecule has 1 heterocycles. The highest BCUT2D eigenvalue weighted by molar-refractivity contribution is 5.69. The first-order valence-electron chi connectivity index (χ1n) is 6.40. The molecule has 0 aromatic heterocycles. The second kappa shape index (κ2) is 5.74. The fraction of sp³-hybridized carbons (Fsp3) is 0.500. The van der Waals surface area contributed by atoms with Crippen LogP contribution in [-0.4, -0.2) is 25.8 Å². The van der Waals surface area contributed by atoms with Gasteiger partial charge in [0.15, 0.2) is 0 Å². The van der Waals surface area contributed by atoms with Crippen molar-refractivity contribution >= 4 is 11.4 Å². The van der Waals surface area contributed by atoms with Crippen molar-refractivity contribution in [1.82, 2.24) is 0 Å². The Balaban J connectivity index is 2.26. The molecule has 96 valence electrons. The number of hydrogen-bond acceptors (Lipinski definition) is 4. The van der Waals surface area contributed by atoms with Gasteiger partial charge in [-0.1, -0.05) is 6.92 Å². The van der Waals surface area contributed by atoms with Gasteiger partial charge in [0.2, 0.25) is 0 Å². The maximum Gasteiger partial charge on any atom is 0.0992 e. The fourth-order valence-corrected chi connectivity index (χ4v) is 2.25. The third-order valence-corrected chi connectivity index (χ3v) is 3.31. The Hall–Kier alpha value is -1.73. The lowest BCUT2D eigenvalue weighted by molar-refractivity contribution is 0.0664. The van der Waals surface area contributed by atoms with Crippen LogP contribution in [0.4, 0.5) is 11.4 Å². The lowest BCUT2D eigenvalue weighted by Gasteiger charge is -2.26. The fourth-order valence-electron chi connectivity index (χ4n) is 2.25. The van der Waals surface area contributed by atoms with E-state index in [1.165, 1.54) is 0 Å². The van der Waals surface area contributed by atoms with Crippen LogP contribution in [-0.2, 0) is 4.74 Å². The lowest BCUT2D eigenvalue weighted by Crippen LogP contribution is -2.31. The quantitative estimate of drug-likeness (QED) is 0.811. The molecule has 0 amide bonds. The molecule has 0 spiro atoms. The van der Waals surface area contributed by atoms with E-state index in [-0.39, 0.29) is 6.10 Å². The molecule has 1 fully saturated rings. The van der Waals surface area contributed by atoms with E-state index in [1.54, 1.807) is 12.1 Å². The summed E-state index contributed by atoms with van der Waals surface area (Å²) in [6.45, 7) is 4.70. The lowest BCUT2D eigenvalue weighted by atomic mass is 10.1. The predicted octanol–water partition coefficient (Wildman–Crippen LogP) is 2.15. The number of hydrogen-bond donors (Lipinski definition) is 1. The summed E-state index contributed by atoms with van der Waals surface area (Å²) in [6, 6.07) is 7.59. The minimum absolute atomic E-state index is 0.248. The number of nitrogens with zero attached hydrogens (tertiary/aromatic N) is 2. The van der Waals surface area contributed by atoms with Gasteiger partial charge < -0.3 is 15.4 Å². The Kier molecular flexibility index (Phi) is 4.06. The SMILES string of the molecule is CCC1CN(c2cc(C#N)ccc2N)CCCO1. The molecule has 1 atom stereocenters. The molecule has 18 heavy (non-hydrogen) atoms. The van der Waals surface area contributed by atoms with E-state index in [0.717, 1.165) is 43.9 Å². The summed E-state index contributed by atoms with van der Waals surface area (Å²) in [5, 5.41) is 8.97. The summed E-state index contributed by atoms with van der Waals surface area (Å²) in [5.41, 5.74) is 8.36. The number of nitrogens with two attached hydrogens (primary N) is 1. The zero-order chi connectivity index (χ0) is 13.0. The van der Waals surface area contributed by atoms with E-state index in [0.29, 0.717) is 5.56 Å². The molecule has 1 saturated heterocycles.